The van der Waals surface area contributed by atoms with Crippen LogP contribution in [0.25, 0.3) is 0 Å². The van der Waals surface area contributed by atoms with E-state index in [1.807, 2.05) is 19.9 Å². The predicted octanol–water partition coefficient (Wildman–Crippen LogP) is 3.73. The Hall–Kier alpha value is -1.72. The van der Waals surface area contributed by atoms with Gasteiger partial charge < -0.3 is 8.92 Å². The molecule has 2 rings (SSSR count). The van der Waals surface area contributed by atoms with E-state index < -0.39 is 10.1 Å². The van der Waals surface area contributed by atoms with Crippen LogP contribution in [0.3, 0.4) is 0 Å². The van der Waals surface area contributed by atoms with Gasteiger partial charge in [-0.05, 0) is 49.2 Å². The van der Waals surface area contributed by atoms with E-state index in [2.05, 4.69) is 0 Å². The zero-order chi connectivity index (χ0) is 15.6. The summed E-state index contributed by atoms with van der Waals surface area (Å²) in [6.07, 6.45) is 0. The molecule has 0 fully saturated rings. The lowest BCUT2D eigenvalue weighted by Crippen LogP contribution is -2.10. The molecule has 0 N–H and O–H groups in total. The first kappa shape index (κ1) is 15.7. The Morgan fingerprint density at radius 2 is 1.62 bits per heavy atom. The van der Waals surface area contributed by atoms with Crippen molar-refractivity contribution in [1.29, 1.82) is 0 Å². The SMILES string of the molecule is COc1cc(S(=O)(=O)Oc2cc(C)cc(C)c2)ccc1Cl. The molecule has 0 aromatic heterocycles. The molecule has 0 saturated heterocycles. The molecule has 0 unspecified atom stereocenters. The van der Waals surface area contributed by atoms with E-state index in [4.69, 9.17) is 20.5 Å². The van der Waals surface area contributed by atoms with E-state index >= 15 is 0 Å². The molecule has 0 aliphatic heterocycles. The number of hydrogen-bond donors (Lipinski definition) is 0. The predicted molar refractivity (Wildman–Crippen MR) is 81.7 cm³/mol. The second-order valence-electron chi connectivity index (χ2n) is 4.66. The number of halogens is 1. The third-order valence-corrected chi connectivity index (χ3v) is 4.37. The van der Waals surface area contributed by atoms with Crippen molar-refractivity contribution in [2.24, 2.45) is 0 Å². The van der Waals surface area contributed by atoms with E-state index in [0.29, 0.717) is 5.02 Å². The van der Waals surface area contributed by atoms with Gasteiger partial charge in [0.05, 0.1) is 12.1 Å². The first-order valence-electron chi connectivity index (χ1n) is 6.18. The van der Waals surface area contributed by atoms with Gasteiger partial charge in [-0.15, -0.1) is 0 Å². The van der Waals surface area contributed by atoms with Crippen molar-refractivity contribution in [1.82, 2.24) is 0 Å². The summed E-state index contributed by atoms with van der Waals surface area (Å²) >= 11 is 5.89. The van der Waals surface area contributed by atoms with Crippen molar-refractivity contribution in [2.75, 3.05) is 7.11 Å². The molecule has 0 atom stereocenters. The third-order valence-electron chi connectivity index (χ3n) is 2.81. The summed E-state index contributed by atoms with van der Waals surface area (Å²) in [5.41, 5.74) is 1.85. The molecule has 0 aliphatic rings. The summed E-state index contributed by atoms with van der Waals surface area (Å²) in [6, 6.07) is 9.43. The molecular weight excluding hydrogens is 312 g/mol. The van der Waals surface area contributed by atoms with Crippen molar-refractivity contribution in [3.05, 3.63) is 52.5 Å². The minimum atomic E-state index is -3.93. The molecule has 0 heterocycles. The number of hydrogen-bond acceptors (Lipinski definition) is 4. The fraction of sp³-hybridized carbons (Fsp3) is 0.200. The van der Waals surface area contributed by atoms with Crippen LogP contribution in [0, 0.1) is 13.8 Å². The van der Waals surface area contributed by atoms with Crippen LogP contribution in [0.15, 0.2) is 41.3 Å². The highest BCUT2D eigenvalue weighted by molar-refractivity contribution is 7.87. The van der Waals surface area contributed by atoms with Crippen LogP contribution >= 0.6 is 11.6 Å². The molecule has 21 heavy (non-hydrogen) atoms. The molecule has 4 nitrogen and oxygen atoms in total. The molecule has 0 saturated carbocycles. The highest BCUT2D eigenvalue weighted by Gasteiger charge is 2.19. The van der Waals surface area contributed by atoms with Gasteiger partial charge in [0.2, 0.25) is 0 Å². The zero-order valence-corrected chi connectivity index (χ0v) is 13.5. The first-order chi connectivity index (χ1) is 9.81. The van der Waals surface area contributed by atoms with Crippen LogP contribution in [0.5, 0.6) is 11.5 Å². The lowest BCUT2D eigenvalue weighted by Gasteiger charge is -2.10. The van der Waals surface area contributed by atoms with Gasteiger partial charge in [0.15, 0.2) is 0 Å². The molecule has 2 aromatic carbocycles. The maximum Gasteiger partial charge on any atom is 0.339 e. The van der Waals surface area contributed by atoms with Gasteiger partial charge in [0.25, 0.3) is 0 Å². The summed E-state index contributed by atoms with van der Waals surface area (Å²) in [5.74, 6) is 0.559. The summed E-state index contributed by atoms with van der Waals surface area (Å²) in [7, 11) is -2.52. The van der Waals surface area contributed by atoms with Crippen molar-refractivity contribution in [3.63, 3.8) is 0 Å². The van der Waals surface area contributed by atoms with E-state index in [0.717, 1.165) is 11.1 Å². The third kappa shape index (κ3) is 3.68. The lowest BCUT2D eigenvalue weighted by atomic mass is 10.1. The van der Waals surface area contributed by atoms with Gasteiger partial charge >= 0.3 is 10.1 Å². The summed E-state index contributed by atoms with van der Waals surface area (Å²) in [6.45, 7) is 3.75. The second-order valence-corrected chi connectivity index (χ2v) is 6.61. The standard InChI is InChI=1S/C15H15ClO4S/c1-10-6-11(2)8-12(7-10)20-21(17,18)13-4-5-14(16)15(9-13)19-3/h4-9H,1-3H3. The van der Waals surface area contributed by atoms with Gasteiger partial charge in [0.1, 0.15) is 16.4 Å². The first-order valence-corrected chi connectivity index (χ1v) is 7.97. The molecule has 6 heteroatoms. The van der Waals surface area contributed by atoms with E-state index in [1.54, 1.807) is 12.1 Å². The van der Waals surface area contributed by atoms with E-state index in [9.17, 15) is 8.42 Å². The fourth-order valence-corrected chi connectivity index (χ4v) is 3.08. The molecule has 0 bridgehead atoms. The van der Waals surface area contributed by atoms with Gasteiger partial charge in [-0.2, -0.15) is 8.42 Å². The van der Waals surface area contributed by atoms with Crippen molar-refractivity contribution >= 4 is 21.7 Å². The Labute approximate surface area is 129 Å². The van der Waals surface area contributed by atoms with Crippen LogP contribution < -0.4 is 8.92 Å². The Bertz CT molecular complexity index is 749. The summed E-state index contributed by atoms with van der Waals surface area (Å²) in [4.78, 5) is -0.0112. The minimum Gasteiger partial charge on any atom is -0.495 e. The molecule has 2 aromatic rings. The molecular formula is C15H15ClO4S. The van der Waals surface area contributed by atoms with Crippen LogP contribution in [0.1, 0.15) is 11.1 Å². The molecule has 0 radical (unpaired) electrons. The maximum absolute atomic E-state index is 12.3. The summed E-state index contributed by atoms with van der Waals surface area (Å²) < 4.78 is 34.7. The highest BCUT2D eigenvalue weighted by Crippen LogP contribution is 2.29. The average molecular weight is 327 g/mol. The van der Waals surface area contributed by atoms with Crippen LogP contribution in [-0.4, -0.2) is 15.5 Å². The second kappa shape index (κ2) is 5.95. The fourth-order valence-electron chi connectivity index (χ4n) is 1.95. The van der Waals surface area contributed by atoms with Crippen molar-refractivity contribution < 1.29 is 17.3 Å². The van der Waals surface area contributed by atoms with E-state index in [1.165, 1.54) is 25.3 Å². The van der Waals surface area contributed by atoms with Gasteiger partial charge in [-0.25, -0.2) is 0 Å². The Morgan fingerprint density at radius 1 is 1.00 bits per heavy atom. The average Bonchev–Trinajstić information content (AvgIpc) is 2.37. The minimum absolute atomic E-state index is 0.0112. The number of benzene rings is 2. The lowest BCUT2D eigenvalue weighted by molar-refractivity contribution is 0.413. The smallest absolute Gasteiger partial charge is 0.339 e. The van der Waals surface area contributed by atoms with Crippen LogP contribution in [0.4, 0.5) is 0 Å². The molecule has 0 spiro atoms. The highest BCUT2D eigenvalue weighted by atomic mass is 35.5. The van der Waals surface area contributed by atoms with Crippen molar-refractivity contribution in [2.45, 2.75) is 18.7 Å². The van der Waals surface area contributed by atoms with E-state index in [-0.39, 0.29) is 16.4 Å². The number of aryl methyl sites for hydroxylation is 2. The largest absolute Gasteiger partial charge is 0.495 e. The molecule has 0 amide bonds. The maximum atomic E-state index is 12.3. The Morgan fingerprint density at radius 3 is 2.19 bits per heavy atom. The van der Waals surface area contributed by atoms with Crippen LogP contribution in [-0.2, 0) is 10.1 Å². The Balaban J connectivity index is 2.38. The van der Waals surface area contributed by atoms with Gasteiger partial charge in [-0.3, -0.25) is 0 Å². The number of ether oxygens (including phenoxy) is 1. The quantitative estimate of drug-likeness (QED) is 0.803. The number of rotatable bonds is 4. The number of methoxy groups -OCH3 is 1. The molecule has 112 valence electrons. The molecule has 0 aliphatic carbocycles. The van der Waals surface area contributed by atoms with Crippen molar-refractivity contribution in [3.8, 4) is 11.5 Å². The topological polar surface area (TPSA) is 52.6 Å². The van der Waals surface area contributed by atoms with Crippen LogP contribution in [0.2, 0.25) is 5.02 Å². The zero-order valence-electron chi connectivity index (χ0n) is 11.9. The van der Waals surface area contributed by atoms with Gasteiger partial charge in [0, 0.05) is 6.07 Å². The Kier molecular flexibility index (Phi) is 4.44. The monoisotopic (exact) mass is 326 g/mol. The summed E-state index contributed by atoms with van der Waals surface area (Å²) in [5, 5.41) is 0.336. The normalized spacial score (nSPS) is 11.2. The van der Waals surface area contributed by atoms with Gasteiger partial charge in [-0.1, -0.05) is 17.7 Å².